The van der Waals surface area contributed by atoms with Crippen molar-refractivity contribution in [3.05, 3.63) is 95.3 Å². The van der Waals surface area contributed by atoms with Crippen LogP contribution in [0, 0.1) is 13.8 Å². The van der Waals surface area contributed by atoms with Crippen LogP contribution in [0.1, 0.15) is 53.1 Å². The highest BCUT2D eigenvalue weighted by Crippen LogP contribution is 2.23. The molecule has 0 saturated carbocycles. The highest BCUT2D eigenvalue weighted by atomic mass is 16.5. The number of aromatic nitrogens is 2. The second kappa shape index (κ2) is 10.3. The second-order valence-electron chi connectivity index (χ2n) is 8.50. The summed E-state index contributed by atoms with van der Waals surface area (Å²) in [6, 6.07) is 23.5. The maximum Gasteiger partial charge on any atom is 0.251 e. The van der Waals surface area contributed by atoms with Crippen LogP contribution in [0.3, 0.4) is 0 Å². The van der Waals surface area contributed by atoms with Crippen LogP contribution in [0.2, 0.25) is 0 Å². The Morgan fingerprint density at radius 1 is 1.00 bits per heavy atom. The Morgan fingerprint density at radius 3 is 2.58 bits per heavy atom. The molecule has 1 aromatic heterocycles. The fourth-order valence-corrected chi connectivity index (χ4v) is 4.01. The van der Waals surface area contributed by atoms with Crippen molar-refractivity contribution in [2.45, 2.75) is 46.2 Å². The van der Waals surface area contributed by atoms with Crippen molar-refractivity contribution in [2.75, 3.05) is 6.61 Å². The standard InChI is InChI=1S/C28H31N3O2/c1-20-15-16-21(2)26(19-20)33-18-10-9-17-31-25-14-8-7-13-24(25)30-27(31)22(3)29-28(32)23-11-5-4-6-12-23/h4-8,11-16,19,22H,9-10,17-18H2,1-3H3,(H,29,32). The van der Waals surface area contributed by atoms with Crippen molar-refractivity contribution < 1.29 is 9.53 Å². The molecule has 0 aliphatic heterocycles. The SMILES string of the molecule is Cc1ccc(C)c(OCCCCn2c(C(C)NC(=O)c3ccccc3)nc3ccccc32)c1. The summed E-state index contributed by atoms with van der Waals surface area (Å²) < 4.78 is 8.25. The largest absolute Gasteiger partial charge is 0.493 e. The van der Waals surface area contributed by atoms with E-state index in [4.69, 9.17) is 9.72 Å². The van der Waals surface area contributed by atoms with Gasteiger partial charge in [-0.05, 0) is 75.1 Å². The maximum absolute atomic E-state index is 12.7. The van der Waals surface area contributed by atoms with Crippen LogP contribution in [0.5, 0.6) is 5.75 Å². The van der Waals surface area contributed by atoms with Crippen molar-refractivity contribution in [3.63, 3.8) is 0 Å². The zero-order valence-corrected chi connectivity index (χ0v) is 19.5. The molecule has 0 aliphatic rings. The van der Waals surface area contributed by atoms with E-state index < -0.39 is 0 Å². The Kier molecular flexibility index (Phi) is 7.08. The lowest BCUT2D eigenvalue weighted by Gasteiger charge is -2.17. The number of nitrogens with one attached hydrogen (secondary N) is 1. The summed E-state index contributed by atoms with van der Waals surface area (Å²) in [6.45, 7) is 7.63. The van der Waals surface area contributed by atoms with Gasteiger partial charge in [-0.1, -0.05) is 42.5 Å². The molecule has 1 atom stereocenters. The molecule has 33 heavy (non-hydrogen) atoms. The molecule has 4 rings (SSSR count). The van der Waals surface area contributed by atoms with E-state index in [2.05, 4.69) is 48.0 Å². The molecule has 3 aromatic carbocycles. The van der Waals surface area contributed by atoms with Crippen LogP contribution in [0.4, 0.5) is 0 Å². The van der Waals surface area contributed by atoms with Crippen molar-refractivity contribution in [2.24, 2.45) is 0 Å². The van der Waals surface area contributed by atoms with Gasteiger partial charge in [-0.25, -0.2) is 4.98 Å². The van der Waals surface area contributed by atoms with E-state index >= 15 is 0 Å². The first-order valence-corrected chi connectivity index (χ1v) is 11.5. The minimum atomic E-state index is -0.212. The molecule has 0 fully saturated rings. The fourth-order valence-electron chi connectivity index (χ4n) is 4.01. The van der Waals surface area contributed by atoms with Gasteiger partial charge in [0.2, 0.25) is 0 Å². The average molecular weight is 442 g/mol. The van der Waals surface area contributed by atoms with Crippen LogP contribution in [0.15, 0.2) is 72.8 Å². The third-order valence-corrected chi connectivity index (χ3v) is 5.83. The molecule has 0 radical (unpaired) electrons. The van der Waals surface area contributed by atoms with Gasteiger partial charge in [0.25, 0.3) is 5.91 Å². The summed E-state index contributed by atoms with van der Waals surface area (Å²) in [4.78, 5) is 17.5. The second-order valence-corrected chi connectivity index (χ2v) is 8.50. The van der Waals surface area contributed by atoms with Crippen LogP contribution >= 0.6 is 0 Å². The number of carbonyl (C=O) groups excluding carboxylic acids is 1. The number of para-hydroxylation sites is 2. The number of unbranched alkanes of at least 4 members (excludes halogenated alkanes) is 1. The van der Waals surface area contributed by atoms with Crippen molar-refractivity contribution in [1.82, 2.24) is 14.9 Å². The highest BCUT2D eigenvalue weighted by molar-refractivity contribution is 5.94. The van der Waals surface area contributed by atoms with Gasteiger partial charge in [-0.2, -0.15) is 0 Å². The molecule has 0 bridgehead atoms. The first-order valence-electron chi connectivity index (χ1n) is 11.5. The molecule has 0 spiro atoms. The molecule has 0 saturated heterocycles. The lowest BCUT2D eigenvalue weighted by molar-refractivity contribution is 0.0937. The first kappa shape index (κ1) is 22.6. The maximum atomic E-state index is 12.7. The van der Waals surface area contributed by atoms with E-state index in [1.165, 1.54) is 5.56 Å². The van der Waals surface area contributed by atoms with Crippen LogP contribution in [0.25, 0.3) is 11.0 Å². The molecular weight excluding hydrogens is 410 g/mol. The minimum absolute atomic E-state index is 0.0939. The quantitative estimate of drug-likeness (QED) is 0.324. The number of benzene rings is 3. The van der Waals surface area contributed by atoms with Gasteiger partial charge in [0.05, 0.1) is 23.7 Å². The number of aryl methyl sites for hydroxylation is 3. The molecule has 1 amide bonds. The summed E-state index contributed by atoms with van der Waals surface area (Å²) in [5, 5.41) is 3.10. The van der Waals surface area contributed by atoms with Crippen molar-refractivity contribution >= 4 is 16.9 Å². The lowest BCUT2D eigenvalue weighted by atomic mass is 10.1. The summed E-state index contributed by atoms with van der Waals surface area (Å²) in [7, 11) is 0. The number of imidazole rings is 1. The minimum Gasteiger partial charge on any atom is -0.493 e. The number of amides is 1. The molecule has 0 aliphatic carbocycles. The normalized spacial score (nSPS) is 12.0. The summed E-state index contributed by atoms with van der Waals surface area (Å²) in [5.41, 5.74) is 5.04. The van der Waals surface area contributed by atoms with E-state index in [1.807, 2.05) is 55.5 Å². The third kappa shape index (κ3) is 5.43. The van der Waals surface area contributed by atoms with Crippen LogP contribution in [-0.2, 0) is 6.54 Å². The predicted octanol–water partition coefficient (Wildman–Crippen LogP) is 6.00. The number of fused-ring (bicyclic) bond motifs is 1. The van der Waals surface area contributed by atoms with E-state index in [-0.39, 0.29) is 11.9 Å². The van der Waals surface area contributed by atoms with Gasteiger partial charge >= 0.3 is 0 Å². The molecule has 1 unspecified atom stereocenters. The lowest BCUT2D eigenvalue weighted by Crippen LogP contribution is -2.28. The van der Waals surface area contributed by atoms with Gasteiger partial charge in [-0.3, -0.25) is 4.79 Å². The van der Waals surface area contributed by atoms with Gasteiger partial charge in [0.15, 0.2) is 0 Å². The predicted molar refractivity (Wildman–Crippen MR) is 133 cm³/mol. The van der Waals surface area contributed by atoms with Crippen LogP contribution in [-0.4, -0.2) is 22.1 Å². The zero-order chi connectivity index (χ0) is 23.2. The Labute approximate surface area is 195 Å². The Balaban J connectivity index is 1.42. The number of hydrogen-bond acceptors (Lipinski definition) is 3. The highest BCUT2D eigenvalue weighted by Gasteiger charge is 2.19. The zero-order valence-electron chi connectivity index (χ0n) is 19.5. The summed E-state index contributed by atoms with van der Waals surface area (Å²) >= 11 is 0. The van der Waals surface area contributed by atoms with Crippen molar-refractivity contribution in [1.29, 1.82) is 0 Å². The number of rotatable bonds is 9. The van der Waals surface area contributed by atoms with E-state index in [0.717, 1.165) is 47.6 Å². The Morgan fingerprint density at radius 2 is 1.76 bits per heavy atom. The van der Waals surface area contributed by atoms with E-state index in [9.17, 15) is 4.79 Å². The smallest absolute Gasteiger partial charge is 0.251 e. The molecule has 5 heteroatoms. The fraction of sp³-hybridized carbons (Fsp3) is 0.286. The van der Waals surface area contributed by atoms with Gasteiger partial charge in [0.1, 0.15) is 11.6 Å². The molecule has 170 valence electrons. The molecule has 4 aromatic rings. The summed E-state index contributed by atoms with van der Waals surface area (Å²) in [6.07, 6.45) is 1.89. The Hall–Kier alpha value is -3.60. The van der Waals surface area contributed by atoms with Gasteiger partial charge in [0, 0.05) is 12.1 Å². The van der Waals surface area contributed by atoms with E-state index in [1.54, 1.807) is 0 Å². The van der Waals surface area contributed by atoms with Gasteiger partial charge < -0.3 is 14.6 Å². The summed E-state index contributed by atoms with van der Waals surface area (Å²) in [5.74, 6) is 1.74. The van der Waals surface area contributed by atoms with Crippen molar-refractivity contribution in [3.8, 4) is 5.75 Å². The number of carbonyl (C=O) groups is 1. The number of ether oxygens (including phenoxy) is 1. The topological polar surface area (TPSA) is 56.1 Å². The number of nitrogens with zero attached hydrogens (tertiary/aromatic N) is 2. The third-order valence-electron chi connectivity index (χ3n) is 5.83. The monoisotopic (exact) mass is 441 g/mol. The molecule has 5 nitrogen and oxygen atoms in total. The van der Waals surface area contributed by atoms with Gasteiger partial charge in [-0.15, -0.1) is 0 Å². The van der Waals surface area contributed by atoms with E-state index in [0.29, 0.717) is 12.2 Å². The molecule has 1 heterocycles. The molecule has 1 N–H and O–H groups in total. The Bertz CT molecular complexity index is 1230. The first-order chi connectivity index (χ1) is 16.0. The van der Waals surface area contributed by atoms with Crippen LogP contribution < -0.4 is 10.1 Å². The number of hydrogen-bond donors (Lipinski definition) is 1. The average Bonchev–Trinajstić information content (AvgIpc) is 3.20. The molecular formula is C28H31N3O2.